The zero-order chi connectivity index (χ0) is 10.9. The molecule has 1 fully saturated rings. The van der Waals surface area contributed by atoms with Crippen LogP contribution in [0.25, 0.3) is 0 Å². The van der Waals surface area contributed by atoms with Gasteiger partial charge in [-0.15, -0.1) is 0 Å². The highest BCUT2D eigenvalue weighted by molar-refractivity contribution is 6.05. The minimum absolute atomic E-state index is 0.0220. The number of rotatable bonds is 3. The van der Waals surface area contributed by atoms with E-state index in [2.05, 4.69) is 0 Å². The van der Waals surface area contributed by atoms with Gasteiger partial charge in [0.25, 0.3) is 0 Å². The lowest BCUT2D eigenvalue weighted by Crippen LogP contribution is -2.39. The molecule has 0 saturated carbocycles. The van der Waals surface area contributed by atoms with E-state index in [0.717, 1.165) is 5.92 Å². The average Bonchev–Trinajstić information content (AvgIpc) is 2.43. The van der Waals surface area contributed by atoms with Crippen LogP contribution < -0.4 is 0 Å². The molecule has 2 atom stereocenters. The summed E-state index contributed by atoms with van der Waals surface area (Å²) in [5.74, 6) is 0.643. The van der Waals surface area contributed by atoms with Gasteiger partial charge in [-0.05, 0) is 12.8 Å². The SMILES string of the molecule is CCC(=O)[C@]1(C)C(=O)OC[C@H]1[C](C)C. The first-order valence-electron chi connectivity index (χ1n) is 4.95. The van der Waals surface area contributed by atoms with E-state index in [-0.39, 0.29) is 17.7 Å². The van der Waals surface area contributed by atoms with Crippen LogP contribution in [0.15, 0.2) is 0 Å². The summed E-state index contributed by atoms with van der Waals surface area (Å²) in [6.07, 6.45) is 0.384. The van der Waals surface area contributed by atoms with Crippen molar-refractivity contribution in [3.8, 4) is 0 Å². The van der Waals surface area contributed by atoms with E-state index in [9.17, 15) is 9.59 Å². The molecule has 3 nitrogen and oxygen atoms in total. The van der Waals surface area contributed by atoms with Gasteiger partial charge < -0.3 is 4.74 Å². The van der Waals surface area contributed by atoms with Crippen molar-refractivity contribution in [2.75, 3.05) is 6.61 Å². The molecule has 0 spiro atoms. The van der Waals surface area contributed by atoms with Crippen LogP contribution in [0, 0.1) is 17.3 Å². The number of carbonyl (C=O) groups is 2. The lowest BCUT2D eigenvalue weighted by molar-refractivity contribution is -0.150. The van der Waals surface area contributed by atoms with Gasteiger partial charge in [-0.1, -0.05) is 20.8 Å². The maximum absolute atomic E-state index is 11.7. The van der Waals surface area contributed by atoms with Gasteiger partial charge in [0.1, 0.15) is 11.2 Å². The molecule has 1 rings (SSSR count). The Morgan fingerprint density at radius 2 is 2.14 bits per heavy atom. The second kappa shape index (κ2) is 3.71. The zero-order valence-electron chi connectivity index (χ0n) is 9.22. The van der Waals surface area contributed by atoms with Crippen LogP contribution >= 0.6 is 0 Å². The summed E-state index contributed by atoms with van der Waals surface area (Å²) in [5, 5.41) is 0. The van der Waals surface area contributed by atoms with Crippen molar-refractivity contribution in [3.63, 3.8) is 0 Å². The van der Waals surface area contributed by atoms with Crippen molar-refractivity contribution in [1.82, 2.24) is 0 Å². The molecule has 0 aliphatic carbocycles. The molecular weight excluding hydrogens is 180 g/mol. The van der Waals surface area contributed by atoms with Crippen LogP contribution in [0.3, 0.4) is 0 Å². The summed E-state index contributed by atoms with van der Waals surface area (Å²) < 4.78 is 4.98. The molecule has 0 unspecified atom stereocenters. The van der Waals surface area contributed by atoms with E-state index >= 15 is 0 Å². The molecule has 79 valence electrons. The summed E-state index contributed by atoms with van der Waals surface area (Å²) in [4.78, 5) is 23.3. The zero-order valence-corrected chi connectivity index (χ0v) is 9.22. The van der Waals surface area contributed by atoms with Crippen LogP contribution in [0.5, 0.6) is 0 Å². The molecule has 0 aromatic heterocycles. The van der Waals surface area contributed by atoms with Crippen LogP contribution in [0.4, 0.5) is 0 Å². The fourth-order valence-corrected chi connectivity index (χ4v) is 2.04. The van der Waals surface area contributed by atoms with E-state index < -0.39 is 5.41 Å². The van der Waals surface area contributed by atoms with Crippen LogP contribution in [-0.4, -0.2) is 18.4 Å². The van der Waals surface area contributed by atoms with Crippen LogP contribution in [0.2, 0.25) is 0 Å². The number of hydrogen-bond donors (Lipinski definition) is 0. The summed E-state index contributed by atoms with van der Waals surface area (Å²) in [5.41, 5.74) is -0.937. The highest BCUT2D eigenvalue weighted by atomic mass is 16.5. The molecule has 0 amide bonds. The number of hydrogen-bond acceptors (Lipinski definition) is 3. The number of ketones is 1. The number of ether oxygens (including phenoxy) is 1. The lowest BCUT2D eigenvalue weighted by Gasteiger charge is -2.26. The Labute approximate surface area is 84.8 Å². The Bertz CT molecular complexity index is 257. The van der Waals surface area contributed by atoms with Crippen molar-refractivity contribution in [2.24, 2.45) is 11.3 Å². The molecular formula is C11H17O3. The van der Waals surface area contributed by atoms with Gasteiger partial charge in [-0.3, -0.25) is 9.59 Å². The van der Waals surface area contributed by atoms with Gasteiger partial charge >= 0.3 is 5.97 Å². The Morgan fingerprint density at radius 1 is 1.57 bits per heavy atom. The Balaban J connectivity index is 3.01. The van der Waals surface area contributed by atoms with E-state index in [1.54, 1.807) is 13.8 Å². The Morgan fingerprint density at radius 3 is 2.57 bits per heavy atom. The number of cyclic esters (lactones) is 1. The molecule has 0 aromatic carbocycles. The van der Waals surface area contributed by atoms with E-state index in [1.165, 1.54) is 0 Å². The van der Waals surface area contributed by atoms with Crippen molar-refractivity contribution in [3.05, 3.63) is 5.92 Å². The minimum atomic E-state index is -0.937. The largest absolute Gasteiger partial charge is 0.465 e. The van der Waals surface area contributed by atoms with Crippen molar-refractivity contribution in [2.45, 2.75) is 34.1 Å². The van der Waals surface area contributed by atoms with Crippen molar-refractivity contribution < 1.29 is 14.3 Å². The first kappa shape index (κ1) is 11.2. The van der Waals surface area contributed by atoms with E-state index in [1.807, 2.05) is 13.8 Å². The highest BCUT2D eigenvalue weighted by Gasteiger charge is 2.54. The highest BCUT2D eigenvalue weighted by Crippen LogP contribution is 2.42. The number of Topliss-reactive ketones (excluding diaryl/α,β-unsaturated/α-hetero) is 1. The summed E-state index contributed by atoms with van der Waals surface area (Å²) in [7, 11) is 0. The van der Waals surface area contributed by atoms with Gasteiger partial charge in [-0.2, -0.15) is 0 Å². The van der Waals surface area contributed by atoms with Gasteiger partial charge in [0, 0.05) is 12.3 Å². The predicted octanol–water partition coefficient (Wildman–Crippen LogP) is 1.76. The Hall–Kier alpha value is -0.860. The number of carbonyl (C=O) groups excluding carboxylic acids is 2. The molecule has 1 radical (unpaired) electrons. The molecule has 14 heavy (non-hydrogen) atoms. The Kier molecular flexibility index (Phi) is 2.98. The predicted molar refractivity (Wildman–Crippen MR) is 52.4 cm³/mol. The molecule has 0 bridgehead atoms. The van der Waals surface area contributed by atoms with Gasteiger partial charge in [0.2, 0.25) is 0 Å². The molecule has 0 N–H and O–H groups in total. The van der Waals surface area contributed by atoms with Gasteiger partial charge in [0.15, 0.2) is 0 Å². The number of esters is 1. The second-order valence-corrected chi connectivity index (χ2v) is 4.21. The average molecular weight is 197 g/mol. The summed E-state index contributed by atoms with van der Waals surface area (Å²) in [6, 6.07) is 0. The molecule has 1 aliphatic heterocycles. The fourth-order valence-electron chi connectivity index (χ4n) is 2.04. The van der Waals surface area contributed by atoms with Crippen molar-refractivity contribution in [1.29, 1.82) is 0 Å². The molecule has 0 aromatic rings. The smallest absolute Gasteiger partial charge is 0.319 e. The molecule has 1 aliphatic rings. The topological polar surface area (TPSA) is 43.4 Å². The third-order valence-corrected chi connectivity index (χ3v) is 3.10. The fraction of sp³-hybridized carbons (Fsp3) is 0.727. The lowest BCUT2D eigenvalue weighted by atomic mass is 9.70. The third kappa shape index (κ3) is 1.45. The molecule has 3 heteroatoms. The summed E-state index contributed by atoms with van der Waals surface area (Å²) in [6.45, 7) is 7.71. The first-order chi connectivity index (χ1) is 6.44. The maximum atomic E-state index is 11.7. The van der Waals surface area contributed by atoms with E-state index in [4.69, 9.17) is 4.74 Å². The van der Waals surface area contributed by atoms with Crippen molar-refractivity contribution >= 4 is 11.8 Å². The van der Waals surface area contributed by atoms with Gasteiger partial charge in [0.05, 0.1) is 6.61 Å². The first-order valence-corrected chi connectivity index (χ1v) is 4.95. The van der Waals surface area contributed by atoms with E-state index in [0.29, 0.717) is 13.0 Å². The van der Waals surface area contributed by atoms with Crippen LogP contribution in [0.1, 0.15) is 34.1 Å². The normalized spacial score (nSPS) is 32.1. The molecule has 1 heterocycles. The standard InChI is InChI=1S/C11H17O3/c1-5-9(12)11(4)8(7(2)3)6-14-10(11)13/h8H,5-6H2,1-4H3/t8-,11+/m0/s1. The van der Waals surface area contributed by atoms with Crippen LogP contribution in [-0.2, 0) is 14.3 Å². The maximum Gasteiger partial charge on any atom is 0.319 e. The summed E-state index contributed by atoms with van der Waals surface area (Å²) >= 11 is 0. The van der Waals surface area contributed by atoms with Gasteiger partial charge in [-0.25, -0.2) is 0 Å². The monoisotopic (exact) mass is 197 g/mol. The molecule has 1 saturated heterocycles. The minimum Gasteiger partial charge on any atom is -0.465 e. The quantitative estimate of drug-likeness (QED) is 0.511. The third-order valence-electron chi connectivity index (χ3n) is 3.10. The second-order valence-electron chi connectivity index (χ2n) is 4.21.